The summed E-state index contributed by atoms with van der Waals surface area (Å²) in [5, 5.41) is 19.9. The molecular weight excluding hydrogens is 244 g/mol. The van der Waals surface area contributed by atoms with E-state index in [1.807, 2.05) is 6.92 Å². The molecule has 1 rings (SSSR count). The van der Waals surface area contributed by atoms with Crippen LogP contribution >= 0.6 is 11.8 Å². The van der Waals surface area contributed by atoms with Gasteiger partial charge in [0.25, 0.3) is 5.56 Å². The van der Waals surface area contributed by atoms with Gasteiger partial charge in [-0.05, 0) is 12.8 Å². The lowest BCUT2D eigenvalue weighted by molar-refractivity contribution is -0.301. The van der Waals surface area contributed by atoms with Crippen LogP contribution in [0.1, 0.15) is 25.3 Å². The van der Waals surface area contributed by atoms with Crippen molar-refractivity contribution in [3.8, 4) is 5.88 Å². The zero-order chi connectivity index (χ0) is 12.8. The van der Waals surface area contributed by atoms with Gasteiger partial charge in [-0.1, -0.05) is 25.1 Å². The van der Waals surface area contributed by atoms with Gasteiger partial charge in [0.15, 0.2) is 5.16 Å². The summed E-state index contributed by atoms with van der Waals surface area (Å²) in [4.78, 5) is 28.0. The third kappa shape index (κ3) is 4.10. The number of rotatable bonds is 6. The van der Waals surface area contributed by atoms with Gasteiger partial charge in [0.2, 0.25) is 5.88 Å². The number of carboxylic acid groups (broad SMARTS) is 1. The molecule has 0 atom stereocenters. The van der Waals surface area contributed by atoms with Crippen molar-refractivity contribution in [2.45, 2.75) is 31.3 Å². The molecule has 94 valence electrons. The number of aromatic amines is 1. The third-order valence-corrected chi connectivity index (χ3v) is 2.93. The number of H-pyrrole nitrogens is 1. The van der Waals surface area contributed by atoms with Crippen LogP contribution in [-0.4, -0.2) is 26.8 Å². The summed E-state index contributed by atoms with van der Waals surface area (Å²) >= 11 is 0.801. The Morgan fingerprint density at radius 2 is 2.29 bits per heavy atom. The first-order valence-electron chi connectivity index (χ1n) is 5.19. The molecule has 0 radical (unpaired) electrons. The van der Waals surface area contributed by atoms with Crippen molar-refractivity contribution < 1.29 is 15.0 Å². The lowest BCUT2D eigenvalue weighted by Gasteiger charge is -2.05. The summed E-state index contributed by atoms with van der Waals surface area (Å²) in [6.45, 7) is 1.97. The molecule has 0 bridgehead atoms. The molecule has 0 aliphatic carbocycles. The van der Waals surface area contributed by atoms with Gasteiger partial charge in [-0.2, -0.15) is 4.98 Å². The normalized spacial score (nSPS) is 10.4. The van der Waals surface area contributed by atoms with Gasteiger partial charge in [-0.3, -0.25) is 4.79 Å². The van der Waals surface area contributed by atoms with Crippen molar-refractivity contribution in [2.75, 3.05) is 5.75 Å². The number of hydrogen-bond acceptors (Lipinski definition) is 6. The molecule has 0 amide bonds. The van der Waals surface area contributed by atoms with E-state index in [9.17, 15) is 19.8 Å². The number of aliphatic carboxylic acids is 1. The van der Waals surface area contributed by atoms with E-state index in [1.165, 1.54) is 0 Å². The van der Waals surface area contributed by atoms with Gasteiger partial charge in [-0.15, -0.1) is 0 Å². The summed E-state index contributed by atoms with van der Waals surface area (Å²) in [5.41, 5.74) is -0.184. The Morgan fingerprint density at radius 1 is 1.59 bits per heavy atom. The van der Waals surface area contributed by atoms with Gasteiger partial charge in [0, 0.05) is 5.75 Å². The molecule has 1 heterocycles. The second-order valence-corrected chi connectivity index (χ2v) is 4.40. The van der Waals surface area contributed by atoms with Crippen LogP contribution in [0.25, 0.3) is 0 Å². The van der Waals surface area contributed by atoms with Crippen molar-refractivity contribution in [1.82, 2.24) is 9.97 Å². The second kappa shape index (κ2) is 6.29. The summed E-state index contributed by atoms with van der Waals surface area (Å²) in [5.74, 6) is -1.91. The van der Waals surface area contributed by atoms with Crippen LogP contribution in [0.3, 0.4) is 0 Å². The second-order valence-electron chi connectivity index (χ2n) is 3.44. The molecule has 0 spiro atoms. The smallest absolute Gasteiger partial charge is 0.258 e. The van der Waals surface area contributed by atoms with E-state index in [0.717, 1.165) is 24.6 Å². The fourth-order valence-electron chi connectivity index (χ4n) is 1.24. The minimum atomic E-state index is -1.26. The standard InChI is InChI=1S/C10H14N2O4S/c1-2-3-4-6-8(15)11-10(12-9(6)16)17-5-7(13)14/h2-5H2,1H3,(H,13,14)(H2,11,12,15,16)/p-1. The maximum atomic E-state index is 11.6. The maximum absolute atomic E-state index is 11.6. The molecule has 0 fully saturated rings. The minimum absolute atomic E-state index is 0.0805. The van der Waals surface area contributed by atoms with Crippen LogP contribution in [-0.2, 0) is 11.2 Å². The Labute approximate surface area is 102 Å². The van der Waals surface area contributed by atoms with Crippen LogP contribution in [0.2, 0.25) is 0 Å². The van der Waals surface area contributed by atoms with E-state index >= 15 is 0 Å². The van der Waals surface area contributed by atoms with Crippen molar-refractivity contribution >= 4 is 17.7 Å². The summed E-state index contributed by atoms with van der Waals surface area (Å²) in [6, 6.07) is 0. The summed E-state index contributed by atoms with van der Waals surface area (Å²) in [6.07, 6.45) is 2.14. The Bertz CT molecular complexity index is 458. The quantitative estimate of drug-likeness (QED) is 0.533. The largest absolute Gasteiger partial charge is 0.549 e. The number of carboxylic acids is 1. The number of carbonyl (C=O) groups excluding carboxylic acids is 1. The zero-order valence-electron chi connectivity index (χ0n) is 9.36. The number of nitrogens with one attached hydrogen (secondary N) is 1. The maximum Gasteiger partial charge on any atom is 0.258 e. The molecule has 0 saturated heterocycles. The van der Waals surface area contributed by atoms with Crippen LogP contribution < -0.4 is 10.7 Å². The molecule has 0 saturated carbocycles. The van der Waals surface area contributed by atoms with E-state index in [1.54, 1.807) is 0 Å². The van der Waals surface area contributed by atoms with Crippen molar-refractivity contribution in [1.29, 1.82) is 0 Å². The van der Waals surface area contributed by atoms with Crippen LogP contribution in [0.5, 0.6) is 5.88 Å². The number of aromatic nitrogens is 2. The van der Waals surface area contributed by atoms with Gasteiger partial charge in [0.1, 0.15) is 0 Å². The van der Waals surface area contributed by atoms with E-state index in [2.05, 4.69) is 9.97 Å². The van der Waals surface area contributed by atoms with Crippen LogP contribution in [0, 0.1) is 0 Å². The van der Waals surface area contributed by atoms with E-state index in [4.69, 9.17) is 0 Å². The highest BCUT2D eigenvalue weighted by Crippen LogP contribution is 2.17. The highest BCUT2D eigenvalue weighted by molar-refractivity contribution is 7.99. The lowest BCUT2D eigenvalue weighted by Crippen LogP contribution is -2.24. The molecule has 2 N–H and O–H groups in total. The topological polar surface area (TPSA) is 106 Å². The predicted molar refractivity (Wildman–Crippen MR) is 60.9 cm³/mol. The van der Waals surface area contributed by atoms with Crippen LogP contribution in [0.15, 0.2) is 9.95 Å². The molecule has 7 heteroatoms. The minimum Gasteiger partial charge on any atom is -0.549 e. The average Bonchev–Trinajstić information content (AvgIpc) is 2.25. The van der Waals surface area contributed by atoms with Crippen molar-refractivity contribution in [3.05, 3.63) is 15.9 Å². The van der Waals surface area contributed by atoms with E-state index in [0.29, 0.717) is 6.42 Å². The third-order valence-electron chi connectivity index (χ3n) is 2.08. The molecule has 1 aromatic heterocycles. The first-order chi connectivity index (χ1) is 8.04. The molecule has 17 heavy (non-hydrogen) atoms. The molecule has 0 aliphatic rings. The Hall–Kier alpha value is -1.50. The first kappa shape index (κ1) is 13.6. The van der Waals surface area contributed by atoms with Gasteiger partial charge in [0.05, 0.1) is 11.5 Å². The Kier molecular flexibility index (Phi) is 5.02. The van der Waals surface area contributed by atoms with Crippen LogP contribution in [0.4, 0.5) is 0 Å². The SMILES string of the molecule is CCCCc1c(O)nc(SCC(=O)[O-])[nH]c1=O. The molecule has 6 nitrogen and oxygen atoms in total. The number of nitrogens with zero attached hydrogens (tertiary/aromatic N) is 1. The highest BCUT2D eigenvalue weighted by atomic mass is 32.2. The van der Waals surface area contributed by atoms with Gasteiger partial charge >= 0.3 is 0 Å². The first-order valence-corrected chi connectivity index (χ1v) is 6.18. The average molecular weight is 257 g/mol. The predicted octanol–water partition coefficient (Wildman–Crippen LogP) is -0.340. The fraction of sp³-hybridized carbons (Fsp3) is 0.500. The molecular formula is C10H13N2O4S-. The number of hydrogen-bond donors (Lipinski definition) is 2. The van der Waals surface area contributed by atoms with E-state index < -0.39 is 11.5 Å². The number of carbonyl (C=O) groups is 1. The van der Waals surface area contributed by atoms with Crippen molar-refractivity contribution in [2.24, 2.45) is 0 Å². The highest BCUT2D eigenvalue weighted by Gasteiger charge is 2.10. The monoisotopic (exact) mass is 257 g/mol. The fourth-order valence-corrected chi connectivity index (χ4v) is 1.81. The molecule has 0 aromatic carbocycles. The Morgan fingerprint density at radius 3 is 2.82 bits per heavy atom. The lowest BCUT2D eigenvalue weighted by atomic mass is 10.1. The summed E-state index contributed by atoms with van der Waals surface area (Å²) < 4.78 is 0. The summed E-state index contributed by atoms with van der Waals surface area (Å²) in [7, 11) is 0. The molecule has 0 aliphatic heterocycles. The Balaban J connectivity index is 2.85. The molecule has 0 unspecified atom stereocenters. The van der Waals surface area contributed by atoms with Gasteiger partial charge in [-0.25, -0.2) is 0 Å². The number of unbranched alkanes of at least 4 members (excludes halogenated alkanes) is 1. The van der Waals surface area contributed by atoms with Crippen molar-refractivity contribution in [3.63, 3.8) is 0 Å². The van der Waals surface area contributed by atoms with E-state index in [-0.39, 0.29) is 22.4 Å². The number of aromatic hydroxyl groups is 1. The number of thioether (sulfide) groups is 1. The zero-order valence-corrected chi connectivity index (χ0v) is 10.2. The molecule has 1 aromatic rings. The van der Waals surface area contributed by atoms with Gasteiger partial charge < -0.3 is 20.0 Å².